The molecular weight excluding hydrogens is 601 g/mol. The maximum atomic E-state index is 12.8. The average molecular weight is 629 g/mol. The summed E-state index contributed by atoms with van der Waals surface area (Å²) in [5.74, 6) is 0.632. The molecule has 43 heavy (non-hydrogen) atoms. The fraction of sp³-hybridized carbons (Fsp3) is 0.152. The number of hydrogen-bond donors (Lipinski definition) is 0. The molecule has 218 valence electrons. The first-order valence-electron chi connectivity index (χ1n) is 13.4. The zero-order valence-electron chi connectivity index (χ0n) is 23.9. The van der Waals surface area contributed by atoms with Crippen LogP contribution in [0.5, 0.6) is 0 Å². The van der Waals surface area contributed by atoms with E-state index < -0.39 is 24.4 Å². The number of thiazole rings is 1. The smallest absolute Gasteiger partial charge is 0.175 e. The molecule has 0 aliphatic rings. The molecule has 10 heteroatoms. The molecule has 0 saturated heterocycles. The Morgan fingerprint density at radius 3 is 2.21 bits per heavy atom. The van der Waals surface area contributed by atoms with Crippen molar-refractivity contribution in [2.75, 3.05) is 12.5 Å². The van der Waals surface area contributed by atoms with Gasteiger partial charge in [-0.1, -0.05) is 36.4 Å². The van der Waals surface area contributed by atoms with Crippen LogP contribution in [0.1, 0.15) is 19.4 Å². The number of aromatic nitrogens is 2. The second-order valence-corrected chi connectivity index (χ2v) is 16.5. The lowest BCUT2D eigenvalue weighted by atomic mass is 9.92. The Morgan fingerprint density at radius 1 is 0.791 bits per heavy atom. The summed E-state index contributed by atoms with van der Waals surface area (Å²) in [5.41, 5.74) is 5.51. The minimum atomic E-state index is -3.42. The standard InChI is InChI=1S/C33H28N2O5S3/c1-33(2,43(4,38)39)25-19-23-10-6-16-34-29(23)27(20-25)22-8-5-9-24(18-22)31-30(35-32(41-31)28-11-7-17-40-28)21-12-14-26(15-13-21)42(3,36)37/h5-20H,1-4H3. The van der Waals surface area contributed by atoms with Crippen molar-refractivity contribution in [1.29, 1.82) is 0 Å². The molecule has 0 unspecified atom stereocenters. The maximum absolute atomic E-state index is 12.8. The van der Waals surface area contributed by atoms with Crippen molar-refractivity contribution in [3.8, 4) is 43.6 Å². The predicted octanol–water partition coefficient (Wildman–Crippen LogP) is 7.64. The van der Waals surface area contributed by atoms with E-state index in [1.807, 2.05) is 48.5 Å². The van der Waals surface area contributed by atoms with Crippen LogP contribution in [0.3, 0.4) is 0 Å². The van der Waals surface area contributed by atoms with Gasteiger partial charge < -0.3 is 4.42 Å². The Hall–Kier alpha value is -4.12. The van der Waals surface area contributed by atoms with Gasteiger partial charge in [0.1, 0.15) is 0 Å². The predicted molar refractivity (Wildman–Crippen MR) is 172 cm³/mol. The topological polar surface area (TPSA) is 107 Å². The summed E-state index contributed by atoms with van der Waals surface area (Å²) in [7, 11) is -6.76. The average Bonchev–Trinajstić information content (AvgIpc) is 3.66. The van der Waals surface area contributed by atoms with Gasteiger partial charge in [0.2, 0.25) is 0 Å². The highest BCUT2D eigenvalue weighted by Crippen LogP contribution is 2.43. The second-order valence-electron chi connectivity index (χ2n) is 10.9. The van der Waals surface area contributed by atoms with Crippen LogP contribution in [0.15, 0.2) is 107 Å². The first-order valence-corrected chi connectivity index (χ1v) is 18.0. The summed E-state index contributed by atoms with van der Waals surface area (Å²) >= 11 is 1.48. The molecule has 0 aliphatic carbocycles. The van der Waals surface area contributed by atoms with Gasteiger partial charge in [-0.3, -0.25) is 4.98 Å². The van der Waals surface area contributed by atoms with Crippen LogP contribution < -0.4 is 0 Å². The van der Waals surface area contributed by atoms with E-state index in [0.29, 0.717) is 22.0 Å². The molecule has 0 atom stereocenters. The van der Waals surface area contributed by atoms with Crippen LogP contribution in [0.2, 0.25) is 0 Å². The molecule has 0 N–H and O–H groups in total. The van der Waals surface area contributed by atoms with Crippen LogP contribution in [0, 0.1) is 0 Å². The van der Waals surface area contributed by atoms with E-state index in [-0.39, 0.29) is 4.90 Å². The molecule has 0 saturated carbocycles. The molecule has 0 bridgehead atoms. The normalized spacial score (nSPS) is 12.6. The Balaban J connectivity index is 1.54. The van der Waals surface area contributed by atoms with Gasteiger partial charge in [-0.2, -0.15) is 0 Å². The van der Waals surface area contributed by atoms with E-state index in [2.05, 4.69) is 11.1 Å². The number of sulfone groups is 2. The van der Waals surface area contributed by atoms with Crippen molar-refractivity contribution < 1.29 is 21.3 Å². The van der Waals surface area contributed by atoms with Gasteiger partial charge >= 0.3 is 0 Å². The zero-order valence-corrected chi connectivity index (χ0v) is 26.3. The highest BCUT2D eigenvalue weighted by Gasteiger charge is 2.33. The highest BCUT2D eigenvalue weighted by molar-refractivity contribution is 7.91. The van der Waals surface area contributed by atoms with E-state index >= 15 is 0 Å². The minimum Gasteiger partial charge on any atom is -0.462 e. The molecule has 6 rings (SSSR count). The van der Waals surface area contributed by atoms with Crippen molar-refractivity contribution in [3.63, 3.8) is 0 Å². The summed E-state index contributed by atoms with van der Waals surface area (Å²) in [5, 5.41) is 1.54. The number of rotatable bonds is 7. The van der Waals surface area contributed by atoms with Crippen LogP contribution in [-0.2, 0) is 24.4 Å². The van der Waals surface area contributed by atoms with Crippen LogP contribution in [0.4, 0.5) is 0 Å². The van der Waals surface area contributed by atoms with E-state index in [4.69, 9.17) is 9.40 Å². The van der Waals surface area contributed by atoms with Crippen LogP contribution in [0.25, 0.3) is 54.5 Å². The van der Waals surface area contributed by atoms with Crippen molar-refractivity contribution in [2.24, 2.45) is 0 Å². The summed E-state index contributed by atoms with van der Waals surface area (Å²) in [4.78, 5) is 10.7. The molecule has 3 heterocycles. The fourth-order valence-electron chi connectivity index (χ4n) is 4.88. The van der Waals surface area contributed by atoms with Gasteiger partial charge in [0, 0.05) is 35.2 Å². The quantitative estimate of drug-likeness (QED) is 0.179. The first kappa shape index (κ1) is 29.0. The molecule has 7 nitrogen and oxygen atoms in total. The van der Waals surface area contributed by atoms with Gasteiger partial charge in [0.25, 0.3) is 0 Å². The van der Waals surface area contributed by atoms with Gasteiger partial charge in [-0.25, -0.2) is 21.8 Å². The molecule has 0 fully saturated rings. The number of hydrogen-bond acceptors (Lipinski definition) is 8. The van der Waals surface area contributed by atoms with Crippen molar-refractivity contribution in [1.82, 2.24) is 9.97 Å². The molecule has 3 aromatic heterocycles. The molecule has 0 radical (unpaired) electrons. The van der Waals surface area contributed by atoms with Gasteiger partial charge in [0.05, 0.1) is 32.0 Å². The largest absolute Gasteiger partial charge is 0.462 e. The lowest BCUT2D eigenvalue weighted by Gasteiger charge is -2.24. The Morgan fingerprint density at radius 2 is 1.53 bits per heavy atom. The lowest BCUT2D eigenvalue weighted by Crippen LogP contribution is -2.28. The molecule has 6 aromatic rings. The number of nitrogens with zero attached hydrogens (tertiary/aromatic N) is 2. The second kappa shape index (κ2) is 10.6. The third-order valence-corrected chi connectivity index (χ3v) is 12.0. The third-order valence-electron chi connectivity index (χ3n) is 7.68. The number of fused-ring (bicyclic) bond motifs is 1. The molecule has 3 aromatic carbocycles. The van der Waals surface area contributed by atoms with Gasteiger partial charge in [-0.15, -0.1) is 11.3 Å². The van der Waals surface area contributed by atoms with Crippen molar-refractivity contribution in [3.05, 3.63) is 103 Å². The fourth-order valence-corrected chi connectivity index (χ4v) is 7.11. The van der Waals surface area contributed by atoms with Crippen molar-refractivity contribution >= 4 is 41.9 Å². The van der Waals surface area contributed by atoms with Crippen molar-refractivity contribution in [2.45, 2.75) is 23.5 Å². The number of pyridine rings is 1. The summed E-state index contributed by atoms with van der Waals surface area (Å²) < 4.78 is 54.2. The maximum Gasteiger partial charge on any atom is 0.175 e. The highest BCUT2D eigenvalue weighted by atomic mass is 32.2. The van der Waals surface area contributed by atoms with Gasteiger partial charge in [0.15, 0.2) is 30.4 Å². The van der Waals surface area contributed by atoms with E-state index in [0.717, 1.165) is 38.0 Å². The zero-order chi connectivity index (χ0) is 30.6. The van der Waals surface area contributed by atoms with E-state index in [9.17, 15) is 16.8 Å². The van der Waals surface area contributed by atoms with E-state index in [1.54, 1.807) is 56.6 Å². The van der Waals surface area contributed by atoms with E-state index in [1.165, 1.54) is 23.8 Å². The van der Waals surface area contributed by atoms with Crippen LogP contribution in [-0.4, -0.2) is 39.3 Å². The van der Waals surface area contributed by atoms with Crippen LogP contribution >= 0.6 is 11.3 Å². The third kappa shape index (κ3) is 5.42. The SMILES string of the molecule is CC(C)(c1cc(-c2cccc(-c3sc(-c4ccco4)nc3-c3ccc(S(C)(=O)=O)cc3)c2)c2ncccc2c1)S(C)(=O)=O. The summed E-state index contributed by atoms with van der Waals surface area (Å²) in [6, 6.07) is 25.9. The Kier molecular flexibility index (Phi) is 7.11. The molecule has 0 amide bonds. The van der Waals surface area contributed by atoms with Gasteiger partial charge in [-0.05, 0) is 79.1 Å². The monoisotopic (exact) mass is 628 g/mol. The Labute approximate surface area is 254 Å². The summed E-state index contributed by atoms with van der Waals surface area (Å²) in [6.45, 7) is 3.43. The Bertz CT molecular complexity index is 2200. The minimum absolute atomic E-state index is 0.234. The number of benzene rings is 3. The lowest BCUT2D eigenvalue weighted by molar-refractivity contribution is 0.561. The molecule has 0 aliphatic heterocycles. The molecular formula is C33H28N2O5S3. The first-order chi connectivity index (χ1) is 20.3. The summed E-state index contributed by atoms with van der Waals surface area (Å²) in [6.07, 6.45) is 5.77. The number of furan rings is 1. The molecule has 0 spiro atoms.